The van der Waals surface area contributed by atoms with Crippen LogP contribution in [0.15, 0.2) is 97.1 Å². The summed E-state index contributed by atoms with van der Waals surface area (Å²) in [5.74, 6) is 0. The summed E-state index contributed by atoms with van der Waals surface area (Å²) in [6.07, 6.45) is 6.52. The van der Waals surface area contributed by atoms with Gasteiger partial charge in [-0.1, -0.05) is 66.7 Å². The average molecular weight is 436 g/mol. The molecule has 7 rings (SSSR count). The predicted molar refractivity (Wildman–Crippen MR) is 140 cm³/mol. The van der Waals surface area contributed by atoms with E-state index in [0.29, 0.717) is 5.56 Å². The molecule has 34 heavy (non-hydrogen) atoms. The second-order valence-corrected chi connectivity index (χ2v) is 8.81. The van der Waals surface area contributed by atoms with Crippen molar-refractivity contribution >= 4 is 38.8 Å². The number of para-hydroxylation sites is 3. The molecule has 3 nitrogen and oxygen atoms in total. The Hall–Kier alpha value is -4.55. The van der Waals surface area contributed by atoms with Crippen LogP contribution in [0, 0.1) is 11.3 Å². The van der Waals surface area contributed by atoms with Gasteiger partial charge in [-0.25, -0.2) is 0 Å². The van der Waals surface area contributed by atoms with Crippen molar-refractivity contribution in [2.24, 2.45) is 0 Å². The van der Waals surface area contributed by atoms with Gasteiger partial charge in [-0.2, -0.15) is 5.26 Å². The first-order valence-corrected chi connectivity index (χ1v) is 11.7. The van der Waals surface area contributed by atoms with E-state index in [-0.39, 0.29) is 0 Å². The number of nitrogens with zero attached hydrogens (tertiary/aromatic N) is 3. The Labute approximate surface area is 197 Å². The molecule has 0 bridgehead atoms. The molecule has 2 aromatic heterocycles. The molecule has 160 valence electrons. The molecule has 0 saturated carbocycles. The summed E-state index contributed by atoms with van der Waals surface area (Å²) >= 11 is 0. The van der Waals surface area contributed by atoms with E-state index in [1.54, 1.807) is 0 Å². The second-order valence-electron chi connectivity index (χ2n) is 8.81. The normalized spacial score (nSPS) is 12.9. The molecular formula is C31H21N3. The lowest BCUT2D eigenvalue weighted by Crippen LogP contribution is -2.06. The van der Waals surface area contributed by atoms with Gasteiger partial charge < -0.3 is 9.13 Å². The van der Waals surface area contributed by atoms with Crippen LogP contribution >= 0.6 is 0 Å². The van der Waals surface area contributed by atoms with Crippen LogP contribution in [0.4, 0.5) is 0 Å². The number of fused-ring (bicyclic) bond motifs is 6. The minimum absolute atomic E-state index is 0.677. The smallest absolute Gasteiger partial charge is 0.104 e. The molecule has 0 fully saturated rings. The summed E-state index contributed by atoms with van der Waals surface area (Å²) < 4.78 is 4.51. The number of hydrogen-bond acceptors (Lipinski definition) is 1. The van der Waals surface area contributed by atoms with Gasteiger partial charge in [0.1, 0.15) is 11.6 Å². The van der Waals surface area contributed by atoms with Gasteiger partial charge in [0.2, 0.25) is 0 Å². The van der Waals surface area contributed by atoms with Crippen LogP contribution in [-0.4, -0.2) is 9.13 Å². The lowest BCUT2D eigenvalue weighted by Gasteiger charge is -2.17. The van der Waals surface area contributed by atoms with Crippen molar-refractivity contribution in [3.8, 4) is 17.4 Å². The van der Waals surface area contributed by atoms with Crippen molar-refractivity contribution in [3.05, 3.63) is 114 Å². The first-order valence-electron chi connectivity index (χ1n) is 11.7. The summed E-state index contributed by atoms with van der Waals surface area (Å²) in [5, 5.41) is 14.2. The van der Waals surface area contributed by atoms with E-state index in [2.05, 4.69) is 118 Å². The SMILES string of the molecule is N#Cc1c(-n2c3c(c4ccccc42)CCC=C3)cccc1-n1c2ccccc2c2ccccc21. The van der Waals surface area contributed by atoms with Gasteiger partial charge in [-0.05, 0) is 54.8 Å². The second kappa shape index (κ2) is 7.23. The van der Waals surface area contributed by atoms with Crippen LogP contribution in [-0.2, 0) is 6.42 Å². The monoisotopic (exact) mass is 435 g/mol. The van der Waals surface area contributed by atoms with Gasteiger partial charge in [0.05, 0.1) is 27.9 Å². The van der Waals surface area contributed by atoms with E-state index in [1.807, 2.05) is 0 Å². The average Bonchev–Trinajstić information content (AvgIpc) is 3.41. The van der Waals surface area contributed by atoms with Crippen molar-refractivity contribution in [2.45, 2.75) is 12.8 Å². The fourth-order valence-electron chi connectivity index (χ4n) is 5.64. The first kappa shape index (κ1) is 19.0. The highest BCUT2D eigenvalue weighted by Gasteiger charge is 2.22. The topological polar surface area (TPSA) is 33.6 Å². The van der Waals surface area contributed by atoms with Gasteiger partial charge in [-0.3, -0.25) is 0 Å². The van der Waals surface area contributed by atoms with Crippen molar-refractivity contribution in [1.82, 2.24) is 9.13 Å². The number of allylic oxidation sites excluding steroid dienone is 1. The highest BCUT2D eigenvalue weighted by atomic mass is 15.0. The van der Waals surface area contributed by atoms with E-state index >= 15 is 0 Å². The summed E-state index contributed by atoms with van der Waals surface area (Å²) in [4.78, 5) is 0. The molecule has 0 N–H and O–H groups in total. The van der Waals surface area contributed by atoms with Crippen molar-refractivity contribution in [1.29, 1.82) is 5.26 Å². The lowest BCUT2D eigenvalue weighted by molar-refractivity contribution is 0.965. The Bertz CT molecular complexity index is 1770. The molecule has 2 heterocycles. The number of hydrogen-bond donors (Lipinski definition) is 0. The minimum Gasteiger partial charge on any atom is -0.308 e. The molecule has 0 saturated heterocycles. The molecule has 4 aromatic carbocycles. The lowest BCUT2D eigenvalue weighted by atomic mass is 10.0. The number of aryl methyl sites for hydroxylation is 1. The zero-order valence-corrected chi connectivity index (χ0v) is 18.6. The van der Waals surface area contributed by atoms with Gasteiger partial charge in [0.25, 0.3) is 0 Å². The Morgan fingerprint density at radius 3 is 1.82 bits per heavy atom. The molecule has 0 atom stereocenters. The number of rotatable bonds is 2. The summed E-state index contributed by atoms with van der Waals surface area (Å²) in [5.41, 5.74) is 8.42. The Balaban J connectivity index is 1.60. The Morgan fingerprint density at radius 1 is 0.618 bits per heavy atom. The Kier molecular flexibility index (Phi) is 4.03. The van der Waals surface area contributed by atoms with Crippen molar-refractivity contribution < 1.29 is 0 Å². The van der Waals surface area contributed by atoms with E-state index in [0.717, 1.165) is 40.8 Å². The number of nitriles is 1. The van der Waals surface area contributed by atoms with Gasteiger partial charge in [-0.15, -0.1) is 0 Å². The number of aromatic nitrogens is 2. The van der Waals surface area contributed by atoms with Crippen molar-refractivity contribution in [2.75, 3.05) is 0 Å². The minimum atomic E-state index is 0.677. The van der Waals surface area contributed by atoms with Crippen LogP contribution in [0.3, 0.4) is 0 Å². The molecule has 0 spiro atoms. The molecule has 1 aliphatic rings. The standard InChI is InChI=1S/C31H21N3/c32-20-25-30(33-26-14-5-1-10-21(26)22-11-2-6-15-27(22)33)18-9-19-31(25)34-28-16-7-3-12-23(28)24-13-4-8-17-29(24)34/h1-3,5-12,14-19H,4,13H2. The molecule has 3 heteroatoms. The fraction of sp³-hybridized carbons (Fsp3) is 0.0645. The molecule has 0 unspecified atom stereocenters. The molecule has 0 amide bonds. The van der Waals surface area contributed by atoms with Crippen LogP contribution in [0.2, 0.25) is 0 Å². The van der Waals surface area contributed by atoms with Crippen LogP contribution < -0.4 is 0 Å². The van der Waals surface area contributed by atoms with Gasteiger partial charge in [0, 0.05) is 21.9 Å². The highest BCUT2D eigenvalue weighted by Crippen LogP contribution is 2.38. The van der Waals surface area contributed by atoms with E-state index < -0.39 is 0 Å². The molecule has 0 radical (unpaired) electrons. The van der Waals surface area contributed by atoms with Crippen molar-refractivity contribution in [3.63, 3.8) is 0 Å². The quantitative estimate of drug-likeness (QED) is 0.276. The zero-order chi connectivity index (χ0) is 22.6. The van der Waals surface area contributed by atoms with Crippen LogP contribution in [0.5, 0.6) is 0 Å². The van der Waals surface area contributed by atoms with E-state index in [4.69, 9.17) is 0 Å². The van der Waals surface area contributed by atoms with Gasteiger partial charge >= 0.3 is 0 Å². The summed E-state index contributed by atoms with van der Waals surface area (Å²) in [7, 11) is 0. The number of benzene rings is 4. The molecule has 0 aliphatic heterocycles. The predicted octanol–water partition coefficient (Wildman–Crippen LogP) is 7.56. The van der Waals surface area contributed by atoms with Crippen LogP contribution in [0.1, 0.15) is 23.2 Å². The summed E-state index contributed by atoms with van der Waals surface area (Å²) in [6.45, 7) is 0. The first-order chi connectivity index (χ1) is 16.9. The maximum absolute atomic E-state index is 10.5. The zero-order valence-electron chi connectivity index (χ0n) is 18.6. The Morgan fingerprint density at radius 2 is 1.18 bits per heavy atom. The summed E-state index contributed by atoms with van der Waals surface area (Å²) in [6, 6.07) is 34.2. The van der Waals surface area contributed by atoms with Gasteiger partial charge in [0.15, 0.2) is 0 Å². The highest BCUT2D eigenvalue weighted by molar-refractivity contribution is 6.09. The third kappa shape index (κ3) is 2.51. The fourth-order valence-corrected chi connectivity index (χ4v) is 5.64. The van der Waals surface area contributed by atoms with Crippen LogP contribution in [0.25, 0.3) is 50.2 Å². The van der Waals surface area contributed by atoms with E-state index in [9.17, 15) is 5.26 Å². The molecular weight excluding hydrogens is 414 g/mol. The van der Waals surface area contributed by atoms with E-state index in [1.165, 1.54) is 27.4 Å². The third-order valence-corrected chi connectivity index (χ3v) is 7.05. The molecule has 1 aliphatic carbocycles. The maximum atomic E-state index is 10.5. The largest absolute Gasteiger partial charge is 0.308 e. The third-order valence-electron chi connectivity index (χ3n) is 7.05. The molecule has 6 aromatic rings. The maximum Gasteiger partial charge on any atom is 0.104 e.